The molecule has 0 spiro atoms. The Bertz CT molecular complexity index is 939. The van der Waals surface area contributed by atoms with Gasteiger partial charge in [-0.3, -0.25) is 4.79 Å². The molecular formula is C21H26N2O4S. The van der Waals surface area contributed by atoms with E-state index in [1.807, 2.05) is 26.2 Å². The number of likely N-dealkylation sites (N-methyl/N-ethyl adjacent to an activating group) is 1. The average molecular weight is 403 g/mol. The summed E-state index contributed by atoms with van der Waals surface area (Å²) >= 11 is 0. The Balaban J connectivity index is 1.59. The van der Waals surface area contributed by atoms with E-state index in [4.69, 9.17) is 0 Å². The van der Waals surface area contributed by atoms with Gasteiger partial charge in [0.15, 0.2) is 9.84 Å². The predicted octanol–water partition coefficient (Wildman–Crippen LogP) is 2.29. The summed E-state index contributed by atoms with van der Waals surface area (Å²) in [6.45, 7) is 0. The first-order valence-electron chi connectivity index (χ1n) is 9.31. The minimum absolute atomic E-state index is 0.0807. The summed E-state index contributed by atoms with van der Waals surface area (Å²) in [5, 5.41) is 12.3. The van der Waals surface area contributed by atoms with Crippen LogP contribution in [0.4, 0.5) is 0 Å². The van der Waals surface area contributed by atoms with Crippen molar-refractivity contribution in [2.45, 2.75) is 36.2 Å². The summed E-state index contributed by atoms with van der Waals surface area (Å²) in [6.07, 6.45) is 1.74. The highest BCUT2D eigenvalue weighted by Crippen LogP contribution is 2.33. The minimum atomic E-state index is -3.33. The van der Waals surface area contributed by atoms with Gasteiger partial charge in [0, 0.05) is 12.5 Å². The van der Waals surface area contributed by atoms with Gasteiger partial charge in [-0.1, -0.05) is 30.3 Å². The molecule has 2 atom stereocenters. The van der Waals surface area contributed by atoms with Crippen molar-refractivity contribution in [1.29, 1.82) is 0 Å². The molecule has 2 aromatic rings. The SMILES string of the molecule is CN(C)[C@H](CCC(=O)NC1CS(=O)(=O)c2ccccc21)Cc1ccc(O)cc1. The molecule has 0 radical (unpaired) electrons. The first-order valence-corrected chi connectivity index (χ1v) is 11.0. The molecular weight excluding hydrogens is 376 g/mol. The molecule has 1 heterocycles. The molecule has 0 saturated heterocycles. The smallest absolute Gasteiger partial charge is 0.220 e. The topological polar surface area (TPSA) is 86.7 Å². The van der Waals surface area contributed by atoms with Crippen LogP contribution in [-0.2, 0) is 21.1 Å². The summed E-state index contributed by atoms with van der Waals surface area (Å²) in [6, 6.07) is 13.6. The second-order valence-electron chi connectivity index (χ2n) is 7.47. The molecule has 0 fully saturated rings. The van der Waals surface area contributed by atoms with Gasteiger partial charge in [-0.15, -0.1) is 0 Å². The summed E-state index contributed by atoms with van der Waals surface area (Å²) in [7, 11) is 0.617. The van der Waals surface area contributed by atoms with E-state index in [1.165, 1.54) is 0 Å². The number of carbonyl (C=O) groups excluding carboxylic acids is 1. The molecule has 150 valence electrons. The quantitative estimate of drug-likeness (QED) is 0.742. The van der Waals surface area contributed by atoms with Gasteiger partial charge >= 0.3 is 0 Å². The molecule has 3 rings (SSSR count). The Morgan fingerprint density at radius 2 is 1.86 bits per heavy atom. The lowest BCUT2D eigenvalue weighted by Gasteiger charge is -2.24. The number of nitrogens with one attached hydrogen (secondary N) is 1. The van der Waals surface area contributed by atoms with Crippen LogP contribution in [0.1, 0.15) is 30.0 Å². The highest BCUT2D eigenvalue weighted by Gasteiger charge is 2.35. The van der Waals surface area contributed by atoms with E-state index in [2.05, 4.69) is 10.2 Å². The van der Waals surface area contributed by atoms with E-state index in [-0.39, 0.29) is 23.5 Å². The number of aromatic hydroxyl groups is 1. The van der Waals surface area contributed by atoms with E-state index in [0.29, 0.717) is 23.3 Å². The third kappa shape index (κ3) is 4.72. The van der Waals surface area contributed by atoms with Crippen molar-refractivity contribution in [2.75, 3.05) is 19.8 Å². The van der Waals surface area contributed by atoms with Gasteiger partial charge in [-0.05, 0) is 56.3 Å². The molecule has 6 nitrogen and oxygen atoms in total. The molecule has 0 saturated carbocycles. The van der Waals surface area contributed by atoms with Gasteiger partial charge in [0.05, 0.1) is 16.7 Å². The summed E-state index contributed by atoms with van der Waals surface area (Å²) < 4.78 is 24.5. The molecule has 0 aromatic heterocycles. The Labute approximate surface area is 166 Å². The number of phenolic OH excluding ortho intramolecular Hbond substituents is 1. The molecule has 2 N–H and O–H groups in total. The highest BCUT2D eigenvalue weighted by molar-refractivity contribution is 7.91. The van der Waals surface area contributed by atoms with Crippen molar-refractivity contribution in [2.24, 2.45) is 0 Å². The maximum atomic E-state index is 12.5. The molecule has 28 heavy (non-hydrogen) atoms. The molecule has 1 aliphatic heterocycles. The van der Waals surface area contributed by atoms with Crippen LogP contribution in [0.2, 0.25) is 0 Å². The first-order chi connectivity index (χ1) is 13.3. The van der Waals surface area contributed by atoms with Crippen LogP contribution in [0.5, 0.6) is 5.75 Å². The summed E-state index contributed by atoms with van der Waals surface area (Å²) in [5.41, 5.74) is 1.76. The zero-order valence-corrected chi connectivity index (χ0v) is 16.9. The highest BCUT2D eigenvalue weighted by atomic mass is 32.2. The Morgan fingerprint density at radius 3 is 2.54 bits per heavy atom. The van der Waals surface area contributed by atoms with Gasteiger partial charge in [0.2, 0.25) is 5.91 Å². The zero-order chi connectivity index (χ0) is 20.3. The lowest BCUT2D eigenvalue weighted by atomic mass is 10.0. The maximum Gasteiger partial charge on any atom is 0.220 e. The van der Waals surface area contributed by atoms with Gasteiger partial charge in [0.1, 0.15) is 5.75 Å². The van der Waals surface area contributed by atoms with Crippen molar-refractivity contribution in [3.05, 3.63) is 59.7 Å². The van der Waals surface area contributed by atoms with Crippen molar-refractivity contribution in [3.63, 3.8) is 0 Å². The van der Waals surface area contributed by atoms with Crippen LogP contribution in [0.3, 0.4) is 0 Å². The number of benzene rings is 2. The van der Waals surface area contributed by atoms with E-state index in [9.17, 15) is 18.3 Å². The lowest BCUT2D eigenvalue weighted by Crippen LogP contribution is -2.34. The predicted molar refractivity (Wildman–Crippen MR) is 108 cm³/mol. The van der Waals surface area contributed by atoms with E-state index in [1.54, 1.807) is 36.4 Å². The van der Waals surface area contributed by atoms with Gasteiger partial charge in [-0.2, -0.15) is 0 Å². The van der Waals surface area contributed by atoms with E-state index >= 15 is 0 Å². The number of amides is 1. The Hall–Kier alpha value is -2.38. The molecule has 7 heteroatoms. The van der Waals surface area contributed by atoms with Crippen LogP contribution in [0, 0.1) is 0 Å². The lowest BCUT2D eigenvalue weighted by molar-refractivity contribution is -0.122. The third-order valence-corrected chi connectivity index (χ3v) is 7.01. The number of hydrogen-bond donors (Lipinski definition) is 2. The number of fused-ring (bicyclic) bond motifs is 1. The fourth-order valence-electron chi connectivity index (χ4n) is 3.58. The van der Waals surface area contributed by atoms with Crippen LogP contribution in [-0.4, -0.2) is 50.2 Å². The largest absolute Gasteiger partial charge is 0.508 e. The van der Waals surface area contributed by atoms with Gasteiger partial charge < -0.3 is 15.3 Å². The molecule has 1 unspecified atom stereocenters. The zero-order valence-electron chi connectivity index (χ0n) is 16.1. The number of phenols is 1. The number of sulfone groups is 1. The van der Waals surface area contributed by atoms with Crippen LogP contribution >= 0.6 is 0 Å². The Morgan fingerprint density at radius 1 is 1.18 bits per heavy atom. The second kappa shape index (κ2) is 8.32. The molecule has 1 aliphatic rings. The molecule has 1 amide bonds. The summed E-state index contributed by atoms with van der Waals surface area (Å²) in [5.74, 6) is 0.00804. The fourth-order valence-corrected chi connectivity index (χ4v) is 5.32. The van der Waals surface area contributed by atoms with Crippen LogP contribution in [0.25, 0.3) is 0 Å². The van der Waals surface area contributed by atoms with Crippen molar-refractivity contribution in [1.82, 2.24) is 10.2 Å². The number of rotatable bonds is 7. The van der Waals surface area contributed by atoms with Crippen molar-refractivity contribution < 1.29 is 18.3 Å². The van der Waals surface area contributed by atoms with E-state index in [0.717, 1.165) is 12.0 Å². The third-order valence-electron chi connectivity index (χ3n) is 5.19. The van der Waals surface area contributed by atoms with Crippen molar-refractivity contribution in [3.8, 4) is 5.75 Å². The van der Waals surface area contributed by atoms with Gasteiger partial charge in [-0.25, -0.2) is 8.42 Å². The molecule has 2 aromatic carbocycles. The monoisotopic (exact) mass is 402 g/mol. The van der Waals surface area contributed by atoms with Crippen LogP contribution < -0.4 is 5.32 Å². The first kappa shape index (κ1) is 20.4. The molecule has 0 bridgehead atoms. The maximum absolute atomic E-state index is 12.5. The minimum Gasteiger partial charge on any atom is -0.508 e. The standard InChI is InChI=1S/C21H26N2O4S/c1-23(2)16(13-15-7-10-17(24)11-8-15)9-12-21(25)22-19-14-28(26,27)20-6-4-3-5-18(19)20/h3-8,10-11,16,19,24H,9,12-14H2,1-2H3,(H,22,25)/t16-,19?/m1/s1. The summed E-state index contributed by atoms with van der Waals surface area (Å²) in [4.78, 5) is 14.9. The van der Waals surface area contributed by atoms with Crippen molar-refractivity contribution >= 4 is 15.7 Å². The second-order valence-corrected chi connectivity index (χ2v) is 9.47. The number of hydrogen-bond acceptors (Lipinski definition) is 5. The van der Waals surface area contributed by atoms with Crippen LogP contribution in [0.15, 0.2) is 53.4 Å². The normalized spacial score (nSPS) is 18.6. The Kier molecular flexibility index (Phi) is 6.05. The average Bonchev–Trinajstić information content (AvgIpc) is 2.90. The number of nitrogens with zero attached hydrogens (tertiary/aromatic N) is 1. The van der Waals surface area contributed by atoms with E-state index < -0.39 is 15.9 Å². The van der Waals surface area contributed by atoms with Gasteiger partial charge in [0.25, 0.3) is 0 Å². The number of carbonyl (C=O) groups is 1. The fraction of sp³-hybridized carbons (Fsp3) is 0.381. The molecule has 0 aliphatic carbocycles.